The number of anilines is 1. The summed E-state index contributed by atoms with van der Waals surface area (Å²) in [6.07, 6.45) is 1.78. The summed E-state index contributed by atoms with van der Waals surface area (Å²) in [5.74, 6) is 1.36. The molecule has 0 spiro atoms. The van der Waals surface area contributed by atoms with Gasteiger partial charge in [-0.3, -0.25) is 4.79 Å². The molecule has 0 aliphatic carbocycles. The Bertz CT molecular complexity index is 1810. The van der Waals surface area contributed by atoms with Crippen LogP contribution in [0, 0.1) is 5.92 Å². The van der Waals surface area contributed by atoms with Crippen LogP contribution in [0.4, 0.5) is 5.69 Å². The van der Waals surface area contributed by atoms with E-state index >= 15 is 0 Å². The normalized spacial score (nSPS) is 14.3. The third-order valence-electron chi connectivity index (χ3n) is 7.81. The molecule has 1 N–H and O–H groups in total. The van der Waals surface area contributed by atoms with Crippen molar-refractivity contribution in [2.75, 3.05) is 5.01 Å². The van der Waals surface area contributed by atoms with E-state index < -0.39 is 5.97 Å². The Labute approximate surface area is 270 Å². The number of carbonyl (C=O) groups excluding carboxylic acids is 1. The molecule has 0 saturated heterocycles. The lowest BCUT2D eigenvalue weighted by Crippen LogP contribution is -2.22. The van der Waals surface area contributed by atoms with E-state index in [0.29, 0.717) is 51.5 Å². The maximum absolute atomic E-state index is 13.8. The molecule has 4 aromatic carbocycles. The number of hydrogen-bond donors (Lipinski definition) is 1. The minimum Gasteiger partial charge on any atom is -0.478 e. The number of ether oxygens (including phenoxy) is 2. The molecular weight excluding hydrogens is 576 g/mol. The van der Waals surface area contributed by atoms with Crippen molar-refractivity contribution in [3.05, 3.63) is 119 Å². The number of carbonyl (C=O) groups is 2. The van der Waals surface area contributed by atoms with Gasteiger partial charge in [0, 0.05) is 11.6 Å². The van der Waals surface area contributed by atoms with Gasteiger partial charge in [0.05, 0.1) is 22.5 Å². The molecule has 0 bridgehead atoms. The van der Waals surface area contributed by atoms with Gasteiger partial charge in [-0.2, -0.15) is 10.1 Å². The van der Waals surface area contributed by atoms with Crippen molar-refractivity contribution in [1.29, 1.82) is 0 Å². The Morgan fingerprint density at radius 2 is 1.43 bits per heavy atom. The van der Waals surface area contributed by atoms with Gasteiger partial charge < -0.3 is 14.6 Å². The van der Waals surface area contributed by atoms with Crippen molar-refractivity contribution in [2.45, 2.75) is 59.8 Å². The standard InChI is InChI=1S/C39H40N2O5/c1-24(2)26-11-16-31(17-12-26)45-33-18-13-27(35(23-33)46-32-19-14-29(15-20-32)39(5,6)7)22-34-36(25(3)4)40-41(37(34)42)30-10-8-9-28(21-30)38(43)44/h8-25H,1-7H3,(H,43,44)/b34-22-. The molecule has 0 aromatic heterocycles. The van der Waals surface area contributed by atoms with E-state index in [1.165, 1.54) is 28.3 Å². The largest absolute Gasteiger partial charge is 0.478 e. The first-order chi connectivity index (χ1) is 21.8. The fraction of sp³-hybridized carbons (Fsp3) is 0.256. The fourth-order valence-corrected chi connectivity index (χ4v) is 5.09. The lowest BCUT2D eigenvalue weighted by molar-refractivity contribution is -0.114. The quantitative estimate of drug-likeness (QED) is 0.189. The molecule has 1 amide bonds. The summed E-state index contributed by atoms with van der Waals surface area (Å²) in [5.41, 5.74) is 4.53. The van der Waals surface area contributed by atoms with Gasteiger partial charge in [-0.05, 0) is 89.1 Å². The average molecular weight is 617 g/mol. The molecule has 0 fully saturated rings. The number of nitrogens with zero attached hydrogens (tertiary/aromatic N) is 2. The highest BCUT2D eigenvalue weighted by Crippen LogP contribution is 2.36. The van der Waals surface area contributed by atoms with Crippen molar-refractivity contribution in [2.24, 2.45) is 11.0 Å². The first kappa shape index (κ1) is 32.2. The molecule has 46 heavy (non-hydrogen) atoms. The highest BCUT2D eigenvalue weighted by molar-refractivity contribution is 6.33. The highest BCUT2D eigenvalue weighted by Gasteiger charge is 2.33. The van der Waals surface area contributed by atoms with Crippen LogP contribution in [0.3, 0.4) is 0 Å². The van der Waals surface area contributed by atoms with E-state index in [2.05, 4.69) is 64.0 Å². The van der Waals surface area contributed by atoms with Crippen molar-refractivity contribution in [3.8, 4) is 23.0 Å². The zero-order valence-corrected chi connectivity index (χ0v) is 27.4. The summed E-state index contributed by atoms with van der Waals surface area (Å²) >= 11 is 0. The van der Waals surface area contributed by atoms with E-state index in [1.807, 2.05) is 56.3 Å². The van der Waals surface area contributed by atoms with Crippen LogP contribution in [-0.2, 0) is 10.2 Å². The van der Waals surface area contributed by atoms with Gasteiger partial charge in [0.15, 0.2) is 0 Å². The van der Waals surface area contributed by atoms with E-state index in [4.69, 9.17) is 9.47 Å². The number of benzene rings is 4. The van der Waals surface area contributed by atoms with E-state index in [9.17, 15) is 14.7 Å². The van der Waals surface area contributed by atoms with E-state index in [-0.39, 0.29) is 22.8 Å². The Balaban J connectivity index is 1.54. The lowest BCUT2D eigenvalue weighted by Gasteiger charge is -2.19. The molecule has 5 rings (SSSR count). The Morgan fingerprint density at radius 3 is 2.04 bits per heavy atom. The molecule has 0 radical (unpaired) electrons. The minimum atomic E-state index is -1.08. The smallest absolute Gasteiger partial charge is 0.335 e. The minimum absolute atomic E-state index is 0.00173. The SMILES string of the molecule is CC(C)C1=NN(c2cccc(C(=O)O)c2)C(=O)/C1=C\c1ccc(Oc2ccc(C(C)C)cc2)cc1Oc1ccc(C(C)(C)C)cc1. The van der Waals surface area contributed by atoms with Crippen molar-refractivity contribution < 1.29 is 24.2 Å². The summed E-state index contributed by atoms with van der Waals surface area (Å²) in [7, 11) is 0. The molecule has 0 unspecified atom stereocenters. The Morgan fingerprint density at radius 1 is 0.804 bits per heavy atom. The molecule has 1 aliphatic rings. The second kappa shape index (κ2) is 13.1. The van der Waals surface area contributed by atoms with Gasteiger partial charge in [0.2, 0.25) is 0 Å². The second-order valence-corrected chi connectivity index (χ2v) is 13.1. The zero-order valence-electron chi connectivity index (χ0n) is 27.4. The van der Waals surface area contributed by atoms with E-state index in [0.717, 1.165) is 0 Å². The average Bonchev–Trinajstić information content (AvgIpc) is 3.34. The van der Waals surface area contributed by atoms with Crippen molar-refractivity contribution >= 4 is 29.4 Å². The summed E-state index contributed by atoms with van der Waals surface area (Å²) < 4.78 is 12.7. The first-order valence-corrected chi connectivity index (χ1v) is 15.5. The van der Waals surface area contributed by atoms with Crippen LogP contribution in [0.15, 0.2) is 102 Å². The maximum atomic E-state index is 13.8. The van der Waals surface area contributed by atoms with Crippen molar-refractivity contribution in [1.82, 2.24) is 0 Å². The van der Waals surface area contributed by atoms with Crippen LogP contribution >= 0.6 is 0 Å². The van der Waals surface area contributed by atoms with Crippen LogP contribution in [0.2, 0.25) is 0 Å². The van der Waals surface area contributed by atoms with Gasteiger partial charge in [-0.1, -0.05) is 78.8 Å². The van der Waals surface area contributed by atoms with Crippen LogP contribution in [0.5, 0.6) is 23.0 Å². The number of carboxylic acids is 1. The summed E-state index contributed by atoms with van der Waals surface area (Å²) in [5, 5.41) is 15.4. The van der Waals surface area contributed by atoms with Gasteiger partial charge in [0.25, 0.3) is 5.91 Å². The van der Waals surface area contributed by atoms with Gasteiger partial charge >= 0.3 is 5.97 Å². The predicted octanol–water partition coefficient (Wildman–Crippen LogP) is 9.83. The van der Waals surface area contributed by atoms with Gasteiger partial charge in [0.1, 0.15) is 23.0 Å². The number of aromatic carboxylic acids is 1. The number of amides is 1. The van der Waals surface area contributed by atoms with Crippen molar-refractivity contribution in [3.63, 3.8) is 0 Å². The predicted molar refractivity (Wildman–Crippen MR) is 183 cm³/mol. The molecule has 1 heterocycles. The Hall–Kier alpha value is -5.17. The van der Waals surface area contributed by atoms with Crippen LogP contribution in [0.1, 0.15) is 81.4 Å². The monoisotopic (exact) mass is 616 g/mol. The number of rotatable bonds is 9. The molecule has 0 atom stereocenters. The second-order valence-electron chi connectivity index (χ2n) is 13.1. The van der Waals surface area contributed by atoms with Gasteiger partial charge in [-0.25, -0.2) is 4.79 Å². The van der Waals surface area contributed by atoms with Gasteiger partial charge in [-0.15, -0.1) is 0 Å². The molecule has 0 saturated carbocycles. The topological polar surface area (TPSA) is 88.4 Å². The van der Waals surface area contributed by atoms with Crippen LogP contribution in [0.25, 0.3) is 6.08 Å². The maximum Gasteiger partial charge on any atom is 0.335 e. The lowest BCUT2D eigenvalue weighted by atomic mass is 9.87. The van der Waals surface area contributed by atoms with E-state index in [1.54, 1.807) is 18.2 Å². The molecule has 236 valence electrons. The zero-order chi connectivity index (χ0) is 33.2. The number of hydrogen-bond acceptors (Lipinski definition) is 5. The summed E-state index contributed by atoms with van der Waals surface area (Å²) in [6.45, 7) is 14.7. The number of hydrazone groups is 1. The van der Waals surface area contributed by atoms with Crippen LogP contribution in [-0.4, -0.2) is 22.7 Å². The number of carboxylic acid groups (broad SMARTS) is 1. The third-order valence-corrected chi connectivity index (χ3v) is 7.81. The highest BCUT2D eigenvalue weighted by atomic mass is 16.5. The fourth-order valence-electron chi connectivity index (χ4n) is 5.09. The van der Waals surface area contributed by atoms with Crippen LogP contribution < -0.4 is 14.5 Å². The third kappa shape index (κ3) is 7.20. The molecule has 1 aliphatic heterocycles. The molecule has 7 nitrogen and oxygen atoms in total. The Kier molecular flexibility index (Phi) is 9.15. The molecule has 7 heteroatoms. The molecule has 4 aromatic rings. The molecular formula is C39H40N2O5. The first-order valence-electron chi connectivity index (χ1n) is 15.5. The summed E-state index contributed by atoms with van der Waals surface area (Å²) in [6, 6.07) is 27.7. The summed E-state index contributed by atoms with van der Waals surface area (Å²) in [4.78, 5) is 25.4.